The Balaban J connectivity index is 2.43. The van der Waals surface area contributed by atoms with E-state index in [-0.39, 0.29) is 18.2 Å². The third kappa shape index (κ3) is 5.70. The van der Waals surface area contributed by atoms with E-state index in [1.165, 1.54) is 0 Å². The largest absolute Gasteiger partial charge is 0.477 e. The fourth-order valence-electron chi connectivity index (χ4n) is 2.59. The highest BCUT2D eigenvalue weighted by Gasteiger charge is 2.31. The van der Waals surface area contributed by atoms with Crippen molar-refractivity contribution >= 4 is 11.8 Å². The molecule has 1 rings (SSSR count). The Morgan fingerprint density at radius 3 is 2.42 bits per heavy atom. The number of carboxylic acids is 1. The molecular formula is C14H27N2O3+. The molecule has 0 aromatic heterocycles. The maximum absolute atomic E-state index is 11.6. The van der Waals surface area contributed by atoms with Gasteiger partial charge in [-0.2, -0.15) is 0 Å². The van der Waals surface area contributed by atoms with Crippen LogP contribution >= 0.6 is 0 Å². The Morgan fingerprint density at radius 1 is 1.37 bits per heavy atom. The molecule has 1 heterocycles. The number of likely N-dealkylation sites (N-methyl/N-ethyl adjacent to an activating group) is 1. The standard InChI is InChI=1S/C14H26N2O3/c1-11(2)13(17)5-4-6-16(3,10-14(18)19)9-12-7-15-8-12/h11-12,15H,4-10H2,1-3H3/p+1. The molecule has 0 spiro atoms. The van der Waals surface area contributed by atoms with E-state index in [0.717, 1.165) is 32.6 Å². The van der Waals surface area contributed by atoms with Crippen LogP contribution in [0.3, 0.4) is 0 Å². The Bertz CT molecular complexity index is 327. The maximum atomic E-state index is 11.6. The van der Waals surface area contributed by atoms with Crippen molar-refractivity contribution < 1.29 is 19.2 Å². The van der Waals surface area contributed by atoms with E-state index in [4.69, 9.17) is 5.11 Å². The van der Waals surface area contributed by atoms with E-state index >= 15 is 0 Å². The van der Waals surface area contributed by atoms with Gasteiger partial charge in [0.15, 0.2) is 6.54 Å². The molecule has 0 saturated carbocycles. The number of ketones is 1. The predicted octanol–water partition coefficient (Wildman–Crippen LogP) is 0.742. The van der Waals surface area contributed by atoms with Crippen molar-refractivity contribution in [1.82, 2.24) is 5.32 Å². The first-order valence-electron chi connectivity index (χ1n) is 7.11. The molecule has 1 atom stereocenters. The lowest BCUT2D eigenvalue weighted by Crippen LogP contribution is -2.57. The molecule has 0 aliphatic carbocycles. The Labute approximate surface area is 115 Å². The monoisotopic (exact) mass is 271 g/mol. The van der Waals surface area contributed by atoms with Crippen molar-refractivity contribution in [1.29, 1.82) is 0 Å². The molecule has 0 bridgehead atoms. The van der Waals surface area contributed by atoms with Gasteiger partial charge >= 0.3 is 5.97 Å². The number of carboxylic acid groups (broad SMARTS) is 1. The van der Waals surface area contributed by atoms with Crippen LogP contribution in [-0.4, -0.2) is 61.1 Å². The van der Waals surface area contributed by atoms with E-state index < -0.39 is 5.97 Å². The molecule has 19 heavy (non-hydrogen) atoms. The third-order valence-electron chi connectivity index (χ3n) is 3.85. The minimum atomic E-state index is -0.759. The Morgan fingerprint density at radius 2 is 2.00 bits per heavy atom. The molecule has 5 heteroatoms. The smallest absolute Gasteiger partial charge is 0.359 e. The number of hydrogen-bond acceptors (Lipinski definition) is 3. The second kappa shape index (κ2) is 7.01. The van der Waals surface area contributed by atoms with Crippen molar-refractivity contribution in [2.45, 2.75) is 26.7 Å². The van der Waals surface area contributed by atoms with E-state index in [1.54, 1.807) is 0 Å². The van der Waals surface area contributed by atoms with Crippen LogP contribution in [0.1, 0.15) is 26.7 Å². The van der Waals surface area contributed by atoms with Gasteiger partial charge in [0.1, 0.15) is 5.78 Å². The lowest BCUT2D eigenvalue weighted by atomic mass is 10.0. The maximum Gasteiger partial charge on any atom is 0.359 e. The summed E-state index contributed by atoms with van der Waals surface area (Å²) in [5, 5.41) is 12.3. The number of carbonyl (C=O) groups is 2. The number of quaternary nitrogens is 1. The van der Waals surface area contributed by atoms with Gasteiger partial charge in [-0.1, -0.05) is 13.8 Å². The van der Waals surface area contributed by atoms with Crippen molar-refractivity contribution in [2.24, 2.45) is 11.8 Å². The van der Waals surface area contributed by atoms with Crippen LogP contribution in [0.4, 0.5) is 0 Å². The Hall–Kier alpha value is -0.940. The minimum absolute atomic E-state index is 0.0778. The van der Waals surface area contributed by atoms with Gasteiger partial charge in [-0.3, -0.25) is 4.79 Å². The van der Waals surface area contributed by atoms with E-state index in [9.17, 15) is 9.59 Å². The first-order chi connectivity index (χ1) is 8.82. The number of carbonyl (C=O) groups excluding carboxylic acids is 1. The van der Waals surface area contributed by atoms with E-state index in [1.807, 2.05) is 20.9 Å². The lowest BCUT2D eigenvalue weighted by molar-refractivity contribution is -0.906. The second-order valence-corrected chi connectivity index (χ2v) is 6.33. The quantitative estimate of drug-likeness (QED) is 0.607. The molecule has 0 aromatic carbocycles. The SMILES string of the molecule is CC(C)C(=O)CCC[N+](C)(CC(=O)O)CC1CNC1. The number of rotatable bonds is 9. The van der Waals surface area contributed by atoms with Gasteiger partial charge in [-0.15, -0.1) is 0 Å². The fourth-order valence-corrected chi connectivity index (χ4v) is 2.59. The molecule has 0 aromatic rings. The van der Waals surface area contributed by atoms with Gasteiger partial charge in [-0.25, -0.2) is 4.79 Å². The van der Waals surface area contributed by atoms with Crippen molar-refractivity contribution in [3.63, 3.8) is 0 Å². The van der Waals surface area contributed by atoms with Crippen molar-refractivity contribution in [3.05, 3.63) is 0 Å². The molecule has 1 unspecified atom stereocenters. The van der Waals surface area contributed by atoms with Crippen molar-refractivity contribution in [3.8, 4) is 0 Å². The minimum Gasteiger partial charge on any atom is -0.477 e. The van der Waals surface area contributed by atoms with Crippen LogP contribution in [0.5, 0.6) is 0 Å². The highest BCUT2D eigenvalue weighted by atomic mass is 16.4. The number of aliphatic carboxylic acids is 1. The normalized spacial score (nSPS) is 18.9. The van der Waals surface area contributed by atoms with E-state index in [2.05, 4.69) is 5.32 Å². The molecule has 1 aliphatic rings. The van der Waals surface area contributed by atoms with Gasteiger partial charge in [-0.05, 0) is 0 Å². The molecule has 2 N–H and O–H groups in total. The first-order valence-corrected chi connectivity index (χ1v) is 7.11. The van der Waals surface area contributed by atoms with Crippen LogP contribution in [0.15, 0.2) is 0 Å². The number of Topliss-reactive ketones (excluding diaryl/α,β-unsaturated/α-hetero) is 1. The zero-order valence-electron chi connectivity index (χ0n) is 12.3. The summed E-state index contributed by atoms with van der Waals surface area (Å²) in [6.45, 7) is 7.58. The first kappa shape index (κ1) is 16.1. The topological polar surface area (TPSA) is 66.4 Å². The Kier molecular flexibility index (Phi) is 5.94. The van der Waals surface area contributed by atoms with Gasteiger partial charge in [0.25, 0.3) is 0 Å². The highest BCUT2D eigenvalue weighted by molar-refractivity contribution is 5.80. The zero-order chi connectivity index (χ0) is 14.5. The van der Waals surface area contributed by atoms with Crippen LogP contribution < -0.4 is 5.32 Å². The van der Waals surface area contributed by atoms with E-state index in [0.29, 0.717) is 16.8 Å². The van der Waals surface area contributed by atoms with Crippen LogP contribution in [-0.2, 0) is 9.59 Å². The van der Waals surface area contributed by atoms with Crippen LogP contribution in [0.2, 0.25) is 0 Å². The fraction of sp³-hybridized carbons (Fsp3) is 0.857. The molecule has 110 valence electrons. The van der Waals surface area contributed by atoms with Crippen LogP contribution in [0.25, 0.3) is 0 Å². The molecule has 1 fully saturated rings. The second-order valence-electron chi connectivity index (χ2n) is 6.33. The summed E-state index contributed by atoms with van der Waals surface area (Å²) < 4.78 is 0.535. The molecule has 0 radical (unpaired) electrons. The summed E-state index contributed by atoms with van der Waals surface area (Å²) in [5.74, 6) is 0.163. The summed E-state index contributed by atoms with van der Waals surface area (Å²) >= 11 is 0. The lowest BCUT2D eigenvalue weighted by Gasteiger charge is -2.39. The summed E-state index contributed by atoms with van der Waals surface area (Å²) in [6, 6.07) is 0. The number of hydrogen-bond donors (Lipinski definition) is 2. The van der Waals surface area contributed by atoms with Gasteiger partial charge in [0.05, 0.1) is 20.1 Å². The van der Waals surface area contributed by atoms with Gasteiger partial charge < -0.3 is 14.9 Å². The van der Waals surface area contributed by atoms with Crippen molar-refractivity contribution in [2.75, 3.05) is 39.8 Å². The number of nitrogens with one attached hydrogen (secondary N) is 1. The summed E-state index contributed by atoms with van der Waals surface area (Å²) in [6.07, 6.45) is 1.34. The van der Waals surface area contributed by atoms with Crippen LogP contribution in [0, 0.1) is 11.8 Å². The number of nitrogens with zero attached hydrogens (tertiary/aromatic N) is 1. The summed E-state index contributed by atoms with van der Waals surface area (Å²) in [5.41, 5.74) is 0. The zero-order valence-corrected chi connectivity index (χ0v) is 12.3. The van der Waals surface area contributed by atoms with Gasteiger partial charge in [0, 0.05) is 37.8 Å². The highest BCUT2D eigenvalue weighted by Crippen LogP contribution is 2.14. The average Bonchev–Trinajstić information content (AvgIpc) is 2.22. The average molecular weight is 271 g/mol. The predicted molar refractivity (Wildman–Crippen MR) is 73.9 cm³/mol. The summed E-state index contributed by atoms with van der Waals surface area (Å²) in [7, 11) is 1.99. The third-order valence-corrected chi connectivity index (χ3v) is 3.85. The molecule has 5 nitrogen and oxygen atoms in total. The van der Waals surface area contributed by atoms with Gasteiger partial charge in [0.2, 0.25) is 0 Å². The summed E-state index contributed by atoms with van der Waals surface area (Å²) in [4.78, 5) is 22.6. The molecule has 0 amide bonds. The molecule has 1 aliphatic heterocycles. The molecule has 1 saturated heterocycles. The molecular weight excluding hydrogens is 244 g/mol.